The van der Waals surface area contributed by atoms with Crippen LogP contribution in [0.4, 0.5) is 5.82 Å². The van der Waals surface area contributed by atoms with Gasteiger partial charge in [-0.2, -0.15) is 0 Å². The predicted octanol–water partition coefficient (Wildman–Crippen LogP) is 3.46. The Morgan fingerprint density at radius 2 is 1.95 bits per heavy atom. The van der Waals surface area contributed by atoms with Crippen molar-refractivity contribution in [1.29, 1.82) is 0 Å². The number of hydrogen-bond acceptors (Lipinski definition) is 3. The van der Waals surface area contributed by atoms with Gasteiger partial charge in [-0.25, -0.2) is 4.98 Å². The largest absolute Gasteiger partial charge is 0.496 e. The number of hydrogen-bond donors (Lipinski definition) is 1. The van der Waals surface area contributed by atoms with Gasteiger partial charge in [0.15, 0.2) is 0 Å². The van der Waals surface area contributed by atoms with Crippen LogP contribution in [0.25, 0.3) is 0 Å². The zero-order chi connectivity index (χ0) is 15.6. The number of amides is 1. The molecule has 4 heteroatoms. The van der Waals surface area contributed by atoms with E-state index in [1.807, 2.05) is 49.4 Å². The second-order valence-corrected chi connectivity index (χ2v) is 5.75. The molecule has 1 aromatic carbocycles. The van der Waals surface area contributed by atoms with Crippen molar-refractivity contribution < 1.29 is 9.53 Å². The van der Waals surface area contributed by atoms with Crippen molar-refractivity contribution in [2.45, 2.75) is 31.6 Å². The standard InChI is InChI=1S/C18H20N2O2/c1-13-7-5-10-16(19-13)20-17(21)18(11-6-12-18)14-8-3-4-9-15(14)22-2/h3-5,7-10H,6,11-12H2,1-2H3,(H,19,20,21). The first-order chi connectivity index (χ1) is 10.7. The molecule has 1 aliphatic carbocycles. The number of nitrogens with one attached hydrogen (secondary N) is 1. The third-order valence-corrected chi connectivity index (χ3v) is 4.39. The number of carbonyl (C=O) groups excluding carboxylic acids is 1. The molecule has 2 aromatic rings. The molecule has 0 spiro atoms. The van der Waals surface area contributed by atoms with Crippen LogP contribution in [-0.4, -0.2) is 18.0 Å². The van der Waals surface area contributed by atoms with Crippen LogP contribution >= 0.6 is 0 Å². The topological polar surface area (TPSA) is 51.2 Å². The Kier molecular flexibility index (Phi) is 3.84. The number of rotatable bonds is 4. The molecule has 1 aliphatic rings. The molecular formula is C18H20N2O2. The fourth-order valence-corrected chi connectivity index (χ4v) is 3.04. The van der Waals surface area contributed by atoms with Crippen molar-refractivity contribution in [2.24, 2.45) is 0 Å². The van der Waals surface area contributed by atoms with Gasteiger partial charge >= 0.3 is 0 Å². The van der Waals surface area contributed by atoms with Gasteiger partial charge < -0.3 is 10.1 Å². The van der Waals surface area contributed by atoms with Crippen LogP contribution < -0.4 is 10.1 Å². The number of pyridine rings is 1. The minimum absolute atomic E-state index is 0.00125. The first-order valence-electron chi connectivity index (χ1n) is 7.54. The molecule has 0 radical (unpaired) electrons. The fourth-order valence-electron chi connectivity index (χ4n) is 3.04. The third kappa shape index (κ3) is 2.45. The molecule has 0 atom stereocenters. The summed E-state index contributed by atoms with van der Waals surface area (Å²) in [5.41, 5.74) is 1.35. The zero-order valence-electron chi connectivity index (χ0n) is 12.9. The lowest BCUT2D eigenvalue weighted by Gasteiger charge is -2.41. The van der Waals surface area contributed by atoms with E-state index in [4.69, 9.17) is 4.74 Å². The maximum Gasteiger partial charge on any atom is 0.236 e. The number of carbonyl (C=O) groups is 1. The zero-order valence-corrected chi connectivity index (χ0v) is 12.9. The second kappa shape index (κ2) is 5.79. The number of nitrogens with zero attached hydrogens (tertiary/aromatic N) is 1. The van der Waals surface area contributed by atoms with E-state index in [2.05, 4.69) is 10.3 Å². The summed E-state index contributed by atoms with van der Waals surface area (Å²) in [7, 11) is 1.64. The third-order valence-electron chi connectivity index (χ3n) is 4.39. The molecule has 1 saturated carbocycles. The predicted molar refractivity (Wildman–Crippen MR) is 86.1 cm³/mol. The van der Waals surface area contributed by atoms with Gasteiger partial charge in [0, 0.05) is 11.3 Å². The molecule has 4 nitrogen and oxygen atoms in total. The van der Waals surface area contributed by atoms with Crippen LogP contribution in [0.15, 0.2) is 42.5 Å². The van der Waals surface area contributed by atoms with Gasteiger partial charge in [-0.05, 0) is 38.0 Å². The van der Waals surface area contributed by atoms with Gasteiger partial charge in [-0.1, -0.05) is 30.7 Å². The summed E-state index contributed by atoms with van der Waals surface area (Å²) in [6, 6.07) is 13.4. The molecule has 114 valence electrons. The Hall–Kier alpha value is -2.36. The van der Waals surface area contributed by atoms with Crippen LogP contribution in [0, 0.1) is 6.92 Å². The molecule has 1 amide bonds. The minimum Gasteiger partial charge on any atom is -0.496 e. The number of aromatic nitrogens is 1. The van der Waals surface area contributed by atoms with Crippen molar-refractivity contribution in [3.8, 4) is 5.75 Å². The van der Waals surface area contributed by atoms with Gasteiger partial charge in [0.05, 0.1) is 12.5 Å². The summed E-state index contributed by atoms with van der Waals surface area (Å²) < 4.78 is 5.45. The quantitative estimate of drug-likeness (QED) is 0.940. The maximum atomic E-state index is 12.9. The average molecular weight is 296 g/mol. The summed E-state index contributed by atoms with van der Waals surface area (Å²) >= 11 is 0. The number of benzene rings is 1. The van der Waals surface area contributed by atoms with E-state index in [1.165, 1.54) is 0 Å². The Morgan fingerprint density at radius 3 is 2.59 bits per heavy atom. The van der Waals surface area contributed by atoms with Crippen molar-refractivity contribution in [3.05, 3.63) is 53.7 Å². The van der Waals surface area contributed by atoms with Gasteiger partial charge in [0.25, 0.3) is 0 Å². The average Bonchev–Trinajstić information content (AvgIpc) is 2.46. The van der Waals surface area contributed by atoms with Crippen LogP contribution in [0.2, 0.25) is 0 Å². The smallest absolute Gasteiger partial charge is 0.236 e. The van der Waals surface area contributed by atoms with Crippen LogP contribution in [0.3, 0.4) is 0 Å². The lowest BCUT2D eigenvalue weighted by atomic mass is 9.63. The molecule has 0 saturated heterocycles. The first kappa shape index (κ1) is 14.6. The molecular weight excluding hydrogens is 276 g/mol. The monoisotopic (exact) mass is 296 g/mol. The van der Waals surface area contributed by atoms with E-state index >= 15 is 0 Å². The summed E-state index contributed by atoms with van der Waals surface area (Å²) in [6.07, 6.45) is 2.72. The molecule has 1 aromatic heterocycles. The number of para-hydroxylation sites is 1. The Bertz CT molecular complexity index is 693. The van der Waals surface area contributed by atoms with E-state index in [0.717, 1.165) is 36.3 Å². The van der Waals surface area contributed by atoms with Crippen molar-refractivity contribution in [2.75, 3.05) is 12.4 Å². The molecule has 1 fully saturated rings. The van der Waals surface area contributed by atoms with Crippen LogP contribution in [0.1, 0.15) is 30.5 Å². The van der Waals surface area contributed by atoms with Gasteiger partial charge in [0.1, 0.15) is 11.6 Å². The Labute approximate surface area is 130 Å². The van der Waals surface area contributed by atoms with Gasteiger partial charge in [-0.3, -0.25) is 4.79 Å². The summed E-state index contributed by atoms with van der Waals surface area (Å²) in [6.45, 7) is 1.91. The molecule has 1 N–H and O–H groups in total. The SMILES string of the molecule is COc1ccccc1C1(C(=O)Nc2cccc(C)n2)CCC1. The number of anilines is 1. The van der Waals surface area contributed by atoms with E-state index in [1.54, 1.807) is 7.11 Å². The van der Waals surface area contributed by atoms with Gasteiger partial charge in [-0.15, -0.1) is 0 Å². The second-order valence-electron chi connectivity index (χ2n) is 5.75. The van der Waals surface area contributed by atoms with E-state index in [9.17, 15) is 4.79 Å². The number of methoxy groups -OCH3 is 1. The lowest BCUT2D eigenvalue weighted by Crippen LogP contribution is -2.46. The molecule has 1 heterocycles. The molecule has 0 aliphatic heterocycles. The molecule has 22 heavy (non-hydrogen) atoms. The minimum atomic E-state index is -0.502. The summed E-state index contributed by atoms with van der Waals surface area (Å²) in [5, 5.41) is 2.97. The maximum absolute atomic E-state index is 12.9. The Balaban J connectivity index is 1.91. The van der Waals surface area contributed by atoms with Crippen molar-refractivity contribution >= 4 is 11.7 Å². The highest BCUT2D eigenvalue weighted by Gasteiger charge is 2.47. The van der Waals surface area contributed by atoms with Crippen molar-refractivity contribution in [3.63, 3.8) is 0 Å². The number of aryl methyl sites for hydroxylation is 1. The highest BCUT2D eigenvalue weighted by Crippen LogP contribution is 2.47. The highest BCUT2D eigenvalue weighted by atomic mass is 16.5. The lowest BCUT2D eigenvalue weighted by molar-refractivity contribution is -0.124. The summed E-state index contributed by atoms with van der Waals surface area (Å²) in [5.74, 6) is 1.38. The number of ether oxygens (including phenoxy) is 1. The van der Waals surface area contributed by atoms with E-state index in [0.29, 0.717) is 5.82 Å². The van der Waals surface area contributed by atoms with Crippen molar-refractivity contribution in [1.82, 2.24) is 4.98 Å². The Morgan fingerprint density at radius 1 is 1.18 bits per heavy atom. The summed E-state index contributed by atoms with van der Waals surface area (Å²) in [4.78, 5) is 17.2. The molecule has 0 unspecified atom stereocenters. The van der Waals surface area contributed by atoms with Crippen LogP contribution in [0.5, 0.6) is 5.75 Å². The molecule has 0 bridgehead atoms. The van der Waals surface area contributed by atoms with Gasteiger partial charge in [0.2, 0.25) is 5.91 Å². The fraction of sp³-hybridized carbons (Fsp3) is 0.333. The van der Waals surface area contributed by atoms with Crippen LogP contribution in [-0.2, 0) is 10.2 Å². The first-order valence-corrected chi connectivity index (χ1v) is 7.54. The highest BCUT2D eigenvalue weighted by molar-refractivity contribution is 5.99. The van der Waals surface area contributed by atoms with E-state index in [-0.39, 0.29) is 5.91 Å². The normalized spacial score (nSPS) is 15.7. The van der Waals surface area contributed by atoms with E-state index < -0.39 is 5.41 Å². The molecule has 3 rings (SSSR count).